The number of rotatable bonds is 3. The smallest absolute Gasteiger partial charge is 0.387 e. The average Bonchev–Trinajstić information content (AvgIpc) is 3.17. The molecule has 0 aromatic carbocycles. The number of hydrogen-bond acceptors (Lipinski definition) is 8. The Hall–Kier alpha value is -0.780. The van der Waals surface area contributed by atoms with Gasteiger partial charge in [-0.25, -0.2) is 0 Å². The number of oxime groups is 1. The summed E-state index contributed by atoms with van der Waals surface area (Å²) in [6, 6.07) is 0.101. The molecule has 0 aromatic rings. The van der Waals surface area contributed by atoms with Gasteiger partial charge in [0.25, 0.3) is 0 Å². The maximum Gasteiger partial charge on any atom is 0.413 e. The molecular weight excluding hydrogens is 324 g/mol. The second-order valence-corrected chi connectivity index (χ2v) is 7.90. The molecule has 1 spiro atoms. The van der Waals surface area contributed by atoms with Crippen molar-refractivity contribution in [2.24, 2.45) is 5.16 Å². The monoisotopic (exact) mass is 346 g/mol. The fourth-order valence-corrected chi connectivity index (χ4v) is 4.78. The number of fused-ring (bicyclic) bond motifs is 2. The van der Waals surface area contributed by atoms with Gasteiger partial charge in [-0.2, -0.15) is 12.7 Å². The molecule has 0 radical (unpaired) electrons. The lowest BCUT2D eigenvalue weighted by atomic mass is 9.89. The molecule has 0 aromatic heterocycles. The maximum absolute atomic E-state index is 11.1. The van der Waals surface area contributed by atoms with E-state index in [-0.39, 0.29) is 23.9 Å². The van der Waals surface area contributed by atoms with E-state index in [4.69, 9.17) is 13.7 Å². The average molecular weight is 346 g/mol. The van der Waals surface area contributed by atoms with E-state index >= 15 is 0 Å². The number of piperidine rings is 1. The van der Waals surface area contributed by atoms with Crippen molar-refractivity contribution in [2.45, 2.75) is 56.5 Å². The van der Waals surface area contributed by atoms with Gasteiger partial charge < -0.3 is 10.2 Å². The summed E-state index contributed by atoms with van der Waals surface area (Å²) in [7, 11) is -4.50. The Morgan fingerprint density at radius 1 is 1.48 bits per heavy atom. The van der Waals surface area contributed by atoms with Crippen molar-refractivity contribution in [3.05, 3.63) is 0 Å². The van der Waals surface area contributed by atoms with Crippen molar-refractivity contribution in [1.82, 2.24) is 15.3 Å². The third kappa shape index (κ3) is 2.77. The van der Waals surface area contributed by atoms with Gasteiger partial charge in [0.15, 0.2) is 5.60 Å². The van der Waals surface area contributed by atoms with Gasteiger partial charge in [-0.1, -0.05) is 5.16 Å². The topological polar surface area (TPSA) is 104 Å². The van der Waals surface area contributed by atoms with Crippen LogP contribution >= 0.6 is 0 Å². The van der Waals surface area contributed by atoms with Crippen LogP contribution in [0, 0.1) is 0 Å². The highest BCUT2D eigenvalue weighted by atomic mass is 32.3. The van der Waals surface area contributed by atoms with E-state index in [2.05, 4.69) is 15.4 Å². The molecule has 0 aliphatic carbocycles. The van der Waals surface area contributed by atoms with Gasteiger partial charge in [0, 0.05) is 25.9 Å². The summed E-state index contributed by atoms with van der Waals surface area (Å²) in [5.41, 5.74) is 0.840. The molecular formula is C13H22N4O5S. The molecule has 4 rings (SSSR count). The molecule has 5 atom stereocenters. The summed E-state index contributed by atoms with van der Waals surface area (Å²) in [6.45, 7) is 4.35. The quantitative estimate of drug-likeness (QED) is 0.673. The predicted molar refractivity (Wildman–Crippen MR) is 80.8 cm³/mol. The zero-order valence-electron chi connectivity index (χ0n) is 13.0. The highest BCUT2D eigenvalue weighted by molar-refractivity contribution is 7.80. The molecule has 130 valence electrons. The van der Waals surface area contributed by atoms with E-state index in [1.54, 1.807) is 0 Å². The van der Waals surface area contributed by atoms with Crippen LogP contribution in [-0.2, 0) is 19.5 Å². The Bertz CT molecular complexity index is 618. The molecule has 10 heteroatoms. The van der Waals surface area contributed by atoms with Crippen LogP contribution in [0.25, 0.3) is 0 Å². The van der Waals surface area contributed by atoms with Crippen LogP contribution in [-0.4, -0.2) is 72.1 Å². The molecule has 3 saturated heterocycles. The van der Waals surface area contributed by atoms with Crippen LogP contribution in [0.2, 0.25) is 0 Å². The first-order chi connectivity index (χ1) is 10.9. The third-order valence-corrected chi connectivity index (χ3v) is 5.79. The Balaban J connectivity index is 1.49. The van der Waals surface area contributed by atoms with Crippen LogP contribution in [0.1, 0.15) is 32.6 Å². The first-order valence-electron chi connectivity index (χ1n) is 8.04. The number of nitrogens with zero attached hydrogens (tertiary/aromatic N) is 3. The number of hydroxylamine groups is 2. The Labute approximate surface area is 135 Å². The standard InChI is InChI=1S/C13H22N4O5S/c1-9-16-7-10(17(9)22-23(18,19)20)2-3-12(16)11-6-13(21-15-11)4-5-14-8-13/h9-10,12,14H,2-8H2,1H3,(H,18,19,20)/t9?,10-,12-,13?/m0/s1. The summed E-state index contributed by atoms with van der Waals surface area (Å²) in [4.78, 5) is 7.92. The van der Waals surface area contributed by atoms with Gasteiger partial charge in [-0.15, -0.1) is 5.06 Å². The second kappa shape index (κ2) is 5.36. The van der Waals surface area contributed by atoms with Crippen molar-refractivity contribution in [2.75, 3.05) is 19.6 Å². The third-order valence-electron chi connectivity index (χ3n) is 5.43. The summed E-state index contributed by atoms with van der Waals surface area (Å²) in [5, 5.41) is 9.06. The normalized spacial score (nSPS) is 43.8. The SMILES string of the molecule is CC1N2C[C@H](CC[C@H]2C2=NOC3(CCNC3)C2)N1OS(=O)(=O)O. The minimum Gasteiger partial charge on any atom is -0.387 e. The van der Waals surface area contributed by atoms with E-state index in [1.807, 2.05) is 6.92 Å². The van der Waals surface area contributed by atoms with Crippen LogP contribution in [0.5, 0.6) is 0 Å². The minimum absolute atomic E-state index is 0.0341. The lowest BCUT2D eigenvalue weighted by molar-refractivity contribution is -0.111. The highest BCUT2D eigenvalue weighted by Gasteiger charge is 2.51. The van der Waals surface area contributed by atoms with Crippen LogP contribution in [0.4, 0.5) is 0 Å². The molecule has 3 unspecified atom stereocenters. The molecule has 0 saturated carbocycles. The Morgan fingerprint density at radius 3 is 3.00 bits per heavy atom. The van der Waals surface area contributed by atoms with E-state index in [0.717, 1.165) is 44.5 Å². The van der Waals surface area contributed by atoms with Gasteiger partial charge in [0.2, 0.25) is 0 Å². The van der Waals surface area contributed by atoms with Crippen molar-refractivity contribution < 1.29 is 22.1 Å². The summed E-state index contributed by atoms with van der Waals surface area (Å²) in [5.74, 6) is 0. The van der Waals surface area contributed by atoms with Gasteiger partial charge in [0.1, 0.15) is 0 Å². The van der Waals surface area contributed by atoms with E-state index in [0.29, 0.717) is 6.54 Å². The van der Waals surface area contributed by atoms with Crippen molar-refractivity contribution >= 4 is 16.1 Å². The lowest BCUT2D eigenvalue weighted by Gasteiger charge is -2.32. The first kappa shape index (κ1) is 15.7. The fourth-order valence-electron chi connectivity index (χ4n) is 4.32. The second-order valence-electron chi connectivity index (χ2n) is 6.90. The summed E-state index contributed by atoms with van der Waals surface area (Å²) >= 11 is 0. The maximum atomic E-state index is 11.1. The Morgan fingerprint density at radius 2 is 2.30 bits per heavy atom. The molecule has 4 heterocycles. The molecule has 3 fully saturated rings. The van der Waals surface area contributed by atoms with Crippen LogP contribution in [0.3, 0.4) is 0 Å². The highest BCUT2D eigenvalue weighted by Crippen LogP contribution is 2.38. The van der Waals surface area contributed by atoms with Gasteiger partial charge in [0.05, 0.1) is 24.0 Å². The summed E-state index contributed by atoms with van der Waals surface area (Å²) < 4.78 is 35.8. The lowest BCUT2D eigenvalue weighted by Crippen LogP contribution is -2.47. The first-order valence-corrected chi connectivity index (χ1v) is 9.40. The van der Waals surface area contributed by atoms with E-state index in [1.165, 1.54) is 5.06 Å². The fraction of sp³-hybridized carbons (Fsp3) is 0.923. The predicted octanol–water partition coefficient (Wildman–Crippen LogP) is -0.276. The van der Waals surface area contributed by atoms with Crippen LogP contribution < -0.4 is 5.32 Å². The van der Waals surface area contributed by atoms with Crippen LogP contribution in [0.15, 0.2) is 5.16 Å². The van der Waals surface area contributed by atoms with E-state index < -0.39 is 10.4 Å². The zero-order chi connectivity index (χ0) is 16.2. The molecule has 2 N–H and O–H groups in total. The molecule has 4 aliphatic heterocycles. The molecule has 0 amide bonds. The molecule has 9 nitrogen and oxygen atoms in total. The van der Waals surface area contributed by atoms with E-state index in [9.17, 15) is 8.42 Å². The van der Waals surface area contributed by atoms with Gasteiger partial charge >= 0.3 is 10.4 Å². The van der Waals surface area contributed by atoms with Crippen molar-refractivity contribution in [3.8, 4) is 0 Å². The molecule has 2 bridgehead atoms. The van der Waals surface area contributed by atoms with Gasteiger partial charge in [-0.05, 0) is 26.3 Å². The summed E-state index contributed by atoms with van der Waals surface area (Å²) in [6.07, 6.45) is 3.22. The van der Waals surface area contributed by atoms with Gasteiger partial charge in [-0.3, -0.25) is 9.45 Å². The molecule has 4 aliphatic rings. The largest absolute Gasteiger partial charge is 0.413 e. The minimum atomic E-state index is -4.50. The number of hydrogen-bond donors (Lipinski definition) is 2. The number of nitrogens with one attached hydrogen (secondary N) is 1. The van der Waals surface area contributed by atoms with Crippen molar-refractivity contribution in [3.63, 3.8) is 0 Å². The van der Waals surface area contributed by atoms with Crippen molar-refractivity contribution in [1.29, 1.82) is 0 Å². The Kier molecular flexibility index (Phi) is 3.67. The zero-order valence-corrected chi connectivity index (χ0v) is 13.8. The molecule has 23 heavy (non-hydrogen) atoms.